The lowest BCUT2D eigenvalue weighted by Gasteiger charge is -2.20. The molecule has 2 aromatic rings. The number of hydrogen-bond donors (Lipinski definition) is 0. The van der Waals surface area contributed by atoms with Crippen LogP contribution in [-0.2, 0) is 0 Å². The van der Waals surface area contributed by atoms with Crippen LogP contribution in [0.2, 0.25) is 5.15 Å². The van der Waals surface area contributed by atoms with E-state index in [4.69, 9.17) is 11.6 Å². The van der Waals surface area contributed by atoms with E-state index >= 15 is 0 Å². The molecule has 0 N–H and O–H groups in total. The van der Waals surface area contributed by atoms with Gasteiger partial charge in [0.15, 0.2) is 5.15 Å². The van der Waals surface area contributed by atoms with Crippen LogP contribution in [0.1, 0.15) is 43.8 Å². The number of fused-ring (bicyclic) bond motifs is 1. The van der Waals surface area contributed by atoms with E-state index in [1.807, 2.05) is 18.2 Å². The van der Waals surface area contributed by atoms with Gasteiger partial charge in [0.1, 0.15) is 5.82 Å². The number of pyridine rings is 1. The quantitative estimate of drug-likeness (QED) is 0.728. The first-order valence-electron chi connectivity index (χ1n) is 5.99. The molecular formula is C13H15ClN2. The number of imidazole rings is 1. The van der Waals surface area contributed by atoms with Crippen molar-refractivity contribution in [2.45, 2.75) is 38.0 Å². The van der Waals surface area contributed by atoms with Crippen molar-refractivity contribution in [3.8, 4) is 0 Å². The predicted molar refractivity (Wildman–Crippen MR) is 66.0 cm³/mol. The Bertz CT molecular complexity index is 498. The van der Waals surface area contributed by atoms with Crippen molar-refractivity contribution in [3.63, 3.8) is 0 Å². The molecule has 0 spiro atoms. The molecule has 1 saturated carbocycles. The summed E-state index contributed by atoms with van der Waals surface area (Å²) in [7, 11) is 0. The molecule has 0 aromatic carbocycles. The fraction of sp³-hybridized carbons (Fsp3) is 0.462. The van der Waals surface area contributed by atoms with E-state index in [0.29, 0.717) is 11.1 Å². The predicted octanol–water partition coefficient (Wildman–Crippen LogP) is 4.04. The average molecular weight is 235 g/mol. The molecule has 3 heteroatoms. The summed E-state index contributed by atoms with van der Waals surface area (Å²) in [6.45, 7) is 0. The molecule has 1 aliphatic rings. The zero-order valence-corrected chi connectivity index (χ0v) is 9.95. The lowest BCUT2D eigenvalue weighted by atomic mass is 9.89. The van der Waals surface area contributed by atoms with E-state index in [2.05, 4.69) is 15.6 Å². The Labute approximate surface area is 100 Å². The molecule has 0 amide bonds. The van der Waals surface area contributed by atoms with Gasteiger partial charge in [0.05, 0.1) is 5.52 Å². The molecule has 0 bridgehead atoms. The Balaban J connectivity index is 2.08. The minimum atomic E-state index is 0.594. The van der Waals surface area contributed by atoms with Crippen LogP contribution < -0.4 is 0 Å². The maximum atomic E-state index is 6.17. The normalized spacial score (nSPS) is 18.1. The Morgan fingerprint density at radius 3 is 2.81 bits per heavy atom. The second-order valence-corrected chi connectivity index (χ2v) is 4.91. The van der Waals surface area contributed by atoms with Gasteiger partial charge in [0.25, 0.3) is 0 Å². The topological polar surface area (TPSA) is 17.3 Å². The van der Waals surface area contributed by atoms with Crippen molar-refractivity contribution in [1.29, 1.82) is 0 Å². The Hall–Kier alpha value is -1.02. The molecule has 2 aromatic heterocycles. The molecule has 0 aliphatic heterocycles. The van der Waals surface area contributed by atoms with Gasteiger partial charge in [-0.25, -0.2) is 4.98 Å². The van der Waals surface area contributed by atoms with E-state index < -0.39 is 0 Å². The summed E-state index contributed by atoms with van der Waals surface area (Å²) in [5, 5.41) is 0.640. The number of halogens is 1. The molecular weight excluding hydrogens is 220 g/mol. The van der Waals surface area contributed by atoms with E-state index in [1.165, 1.54) is 32.1 Å². The highest BCUT2D eigenvalue weighted by Crippen LogP contribution is 2.33. The summed E-state index contributed by atoms with van der Waals surface area (Å²) in [5.74, 6) is 1.75. The van der Waals surface area contributed by atoms with Crippen LogP contribution in [0.3, 0.4) is 0 Å². The molecule has 2 nitrogen and oxygen atoms in total. The number of rotatable bonds is 1. The molecule has 16 heavy (non-hydrogen) atoms. The third-order valence-corrected chi connectivity index (χ3v) is 3.78. The molecule has 2 heterocycles. The highest BCUT2D eigenvalue weighted by Gasteiger charge is 2.21. The second-order valence-electron chi connectivity index (χ2n) is 4.55. The average Bonchev–Trinajstić information content (AvgIpc) is 2.69. The third-order valence-electron chi connectivity index (χ3n) is 3.50. The van der Waals surface area contributed by atoms with Gasteiger partial charge in [-0.3, -0.25) is 0 Å². The van der Waals surface area contributed by atoms with Gasteiger partial charge >= 0.3 is 0 Å². The number of nitrogens with zero attached hydrogens (tertiary/aromatic N) is 2. The standard InChI is InChI=1S/C13H15ClN2/c14-12-11-8-4-5-9-16(11)13(15-12)10-6-2-1-3-7-10/h4-5,8-10H,1-3,6-7H2. The van der Waals surface area contributed by atoms with Gasteiger partial charge in [-0.15, -0.1) is 0 Å². The maximum Gasteiger partial charge on any atom is 0.155 e. The smallest absolute Gasteiger partial charge is 0.155 e. The van der Waals surface area contributed by atoms with Gasteiger partial charge < -0.3 is 4.40 Å². The van der Waals surface area contributed by atoms with Crippen molar-refractivity contribution in [3.05, 3.63) is 35.4 Å². The summed E-state index contributed by atoms with van der Waals surface area (Å²) in [4.78, 5) is 4.54. The number of aromatic nitrogens is 2. The number of hydrogen-bond acceptors (Lipinski definition) is 1. The van der Waals surface area contributed by atoms with Crippen molar-refractivity contribution in [1.82, 2.24) is 9.38 Å². The van der Waals surface area contributed by atoms with Gasteiger partial charge in [-0.2, -0.15) is 0 Å². The van der Waals surface area contributed by atoms with Crippen LogP contribution in [0.4, 0.5) is 0 Å². The Morgan fingerprint density at radius 2 is 2.00 bits per heavy atom. The first kappa shape index (κ1) is 10.2. The van der Waals surface area contributed by atoms with Crippen molar-refractivity contribution in [2.24, 2.45) is 0 Å². The molecule has 0 saturated heterocycles. The largest absolute Gasteiger partial charge is 0.302 e. The molecule has 0 radical (unpaired) electrons. The fourth-order valence-corrected chi connectivity index (χ4v) is 2.91. The SMILES string of the molecule is Clc1nc(C2CCCCC2)n2ccccc12. The molecule has 3 rings (SSSR count). The van der Waals surface area contributed by atoms with E-state index in [-0.39, 0.29) is 0 Å². The second kappa shape index (κ2) is 4.10. The molecule has 1 aliphatic carbocycles. The Morgan fingerprint density at radius 1 is 1.19 bits per heavy atom. The minimum Gasteiger partial charge on any atom is -0.302 e. The van der Waals surface area contributed by atoms with E-state index in [9.17, 15) is 0 Å². The highest BCUT2D eigenvalue weighted by molar-refractivity contribution is 6.32. The van der Waals surface area contributed by atoms with E-state index in [0.717, 1.165) is 11.3 Å². The zero-order chi connectivity index (χ0) is 11.0. The van der Waals surface area contributed by atoms with Crippen molar-refractivity contribution < 1.29 is 0 Å². The highest BCUT2D eigenvalue weighted by atomic mass is 35.5. The lowest BCUT2D eigenvalue weighted by Crippen LogP contribution is -2.08. The fourth-order valence-electron chi connectivity index (χ4n) is 2.67. The molecule has 0 unspecified atom stereocenters. The molecule has 0 atom stereocenters. The first-order chi connectivity index (χ1) is 7.86. The zero-order valence-electron chi connectivity index (χ0n) is 9.19. The van der Waals surface area contributed by atoms with Crippen LogP contribution in [-0.4, -0.2) is 9.38 Å². The van der Waals surface area contributed by atoms with Crippen LogP contribution in [0.15, 0.2) is 24.4 Å². The van der Waals surface area contributed by atoms with Crippen LogP contribution in [0, 0.1) is 0 Å². The Kier molecular flexibility index (Phi) is 2.60. The minimum absolute atomic E-state index is 0.594. The third kappa shape index (κ3) is 1.61. The summed E-state index contributed by atoms with van der Waals surface area (Å²) in [5.41, 5.74) is 1.03. The van der Waals surface area contributed by atoms with Crippen LogP contribution >= 0.6 is 11.6 Å². The van der Waals surface area contributed by atoms with Crippen molar-refractivity contribution >= 4 is 17.1 Å². The summed E-state index contributed by atoms with van der Waals surface area (Å²) < 4.78 is 2.15. The van der Waals surface area contributed by atoms with Gasteiger partial charge in [0, 0.05) is 12.1 Å². The van der Waals surface area contributed by atoms with Gasteiger partial charge in [0.2, 0.25) is 0 Å². The summed E-state index contributed by atoms with van der Waals surface area (Å²) in [6, 6.07) is 6.08. The summed E-state index contributed by atoms with van der Waals surface area (Å²) in [6.07, 6.45) is 8.59. The molecule has 1 fully saturated rings. The molecule has 84 valence electrons. The van der Waals surface area contributed by atoms with Gasteiger partial charge in [-0.05, 0) is 25.0 Å². The monoisotopic (exact) mass is 234 g/mol. The maximum absolute atomic E-state index is 6.17. The van der Waals surface area contributed by atoms with Gasteiger partial charge in [-0.1, -0.05) is 36.9 Å². The summed E-state index contributed by atoms with van der Waals surface area (Å²) >= 11 is 6.17. The first-order valence-corrected chi connectivity index (χ1v) is 6.36. The van der Waals surface area contributed by atoms with Crippen LogP contribution in [0.5, 0.6) is 0 Å². The van der Waals surface area contributed by atoms with E-state index in [1.54, 1.807) is 0 Å². The van der Waals surface area contributed by atoms with Crippen LogP contribution in [0.25, 0.3) is 5.52 Å². The lowest BCUT2D eigenvalue weighted by molar-refractivity contribution is 0.428. The van der Waals surface area contributed by atoms with Crippen molar-refractivity contribution in [2.75, 3.05) is 0 Å².